The number of alkyl halides is 12. The van der Waals surface area contributed by atoms with Gasteiger partial charge in [-0.05, 0) is 142 Å². The van der Waals surface area contributed by atoms with Crippen LogP contribution in [0.15, 0.2) is 194 Å². The van der Waals surface area contributed by atoms with Gasteiger partial charge in [-0.3, -0.25) is 0 Å². The standard InChI is InChI=1S/2C34H32F6N2O/c2*1-41(2)27-17-9-23(10-18-27)31-29(21-5-13-25(14-6-21)33(35,36)37)30(22-7-15-26(16-8-22)34(38,39)40)32(43-31)24-11-19-28(20-12-24)42(3)4/h2*5-20,29-32H,1-4H3/t2*29-,30-,31+,32+/m10/s1. The molecule has 18 heteroatoms. The summed E-state index contributed by atoms with van der Waals surface area (Å²) < 4.78 is 175. The van der Waals surface area contributed by atoms with E-state index in [0.29, 0.717) is 22.3 Å². The molecule has 2 aliphatic heterocycles. The zero-order valence-corrected chi connectivity index (χ0v) is 48.2. The van der Waals surface area contributed by atoms with Crippen molar-refractivity contribution in [2.24, 2.45) is 0 Å². The summed E-state index contributed by atoms with van der Waals surface area (Å²) in [5.74, 6) is -1.99. The Labute approximate surface area is 492 Å². The summed E-state index contributed by atoms with van der Waals surface area (Å²) in [6.07, 6.45) is -20.4. The Morgan fingerprint density at radius 3 is 0.488 bits per heavy atom. The number of hydrogen-bond donors (Lipinski definition) is 0. The molecule has 0 radical (unpaired) electrons. The molecular weight excluding hydrogens is 1130 g/mol. The minimum Gasteiger partial charge on any atom is -0.378 e. The van der Waals surface area contributed by atoms with Gasteiger partial charge in [-0.25, -0.2) is 0 Å². The van der Waals surface area contributed by atoms with Crippen molar-refractivity contribution in [1.29, 1.82) is 0 Å². The van der Waals surface area contributed by atoms with Crippen LogP contribution in [0, 0.1) is 0 Å². The fraction of sp³-hybridized carbons (Fsp3) is 0.294. The second kappa shape index (κ2) is 24.8. The molecule has 0 amide bonds. The number of anilines is 4. The fourth-order valence-corrected chi connectivity index (χ4v) is 11.5. The third kappa shape index (κ3) is 13.8. The van der Waals surface area contributed by atoms with Crippen LogP contribution in [0.5, 0.6) is 0 Å². The van der Waals surface area contributed by atoms with Crippen molar-refractivity contribution in [2.45, 2.75) is 72.8 Å². The molecule has 0 aromatic heterocycles. The molecule has 8 aromatic rings. The average Bonchev–Trinajstić information content (AvgIpc) is 1.87. The van der Waals surface area contributed by atoms with Crippen LogP contribution < -0.4 is 19.6 Å². The molecule has 8 atom stereocenters. The van der Waals surface area contributed by atoms with E-state index in [2.05, 4.69) is 0 Å². The topological polar surface area (TPSA) is 31.4 Å². The predicted octanol–water partition coefficient (Wildman–Crippen LogP) is 18.5. The molecule has 0 saturated carbocycles. The molecule has 452 valence electrons. The zero-order chi connectivity index (χ0) is 62.2. The Bertz CT molecular complexity index is 3020. The van der Waals surface area contributed by atoms with Crippen LogP contribution in [-0.2, 0) is 34.2 Å². The molecule has 6 nitrogen and oxygen atoms in total. The highest BCUT2D eigenvalue weighted by Gasteiger charge is 2.50. The molecule has 0 spiro atoms. The minimum atomic E-state index is -4.50. The zero-order valence-electron chi connectivity index (χ0n) is 48.2. The summed E-state index contributed by atoms with van der Waals surface area (Å²) in [6, 6.07) is 50.9. The molecule has 0 unspecified atom stereocenters. The average molecular weight is 1200 g/mol. The molecule has 2 heterocycles. The van der Waals surface area contributed by atoms with E-state index in [-0.39, 0.29) is 0 Å². The molecule has 0 bridgehead atoms. The van der Waals surface area contributed by atoms with Gasteiger partial charge in [0.15, 0.2) is 0 Å². The molecule has 2 fully saturated rings. The summed E-state index contributed by atoms with van der Waals surface area (Å²) in [5, 5.41) is 0. The molecule has 86 heavy (non-hydrogen) atoms. The molecule has 0 N–H and O–H groups in total. The maximum atomic E-state index is 13.5. The van der Waals surface area contributed by atoms with E-state index in [0.717, 1.165) is 93.5 Å². The molecule has 0 aliphatic carbocycles. The van der Waals surface area contributed by atoms with E-state index in [1.54, 1.807) is 0 Å². The van der Waals surface area contributed by atoms with Crippen molar-refractivity contribution in [2.75, 3.05) is 76.0 Å². The number of ether oxygens (including phenoxy) is 2. The molecule has 2 aliphatic rings. The van der Waals surface area contributed by atoms with Crippen molar-refractivity contribution < 1.29 is 62.2 Å². The number of nitrogens with zero attached hydrogens (tertiary/aromatic N) is 4. The summed E-state index contributed by atoms with van der Waals surface area (Å²) in [5.41, 5.74) is 6.44. The van der Waals surface area contributed by atoms with Crippen LogP contribution in [-0.4, -0.2) is 56.4 Å². The smallest absolute Gasteiger partial charge is 0.378 e. The summed E-state index contributed by atoms with van der Waals surface area (Å²) in [4.78, 5) is 7.80. The van der Waals surface area contributed by atoms with Crippen molar-refractivity contribution in [1.82, 2.24) is 0 Å². The van der Waals surface area contributed by atoms with Gasteiger partial charge in [0.2, 0.25) is 0 Å². The van der Waals surface area contributed by atoms with Gasteiger partial charge in [-0.15, -0.1) is 0 Å². The van der Waals surface area contributed by atoms with Crippen molar-refractivity contribution in [3.63, 3.8) is 0 Å². The van der Waals surface area contributed by atoms with Crippen LogP contribution in [0.1, 0.15) is 115 Å². The van der Waals surface area contributed by atoms with E-state index in [9.17, 15) is 52.7 Å². The maximum absolute atomic E-state index is 13.5. The number of hydrogen-bond acceptors (Lipinski definition) is 6. The predicted molar refractivity (Wildman–Crippen MR) is 313 cm³/mol. The first kappa shape index (κ1) is 62.6. The largest absolute Gasteiger partial charge is 0.416 e. The Balaban J connectivity index is 0.000000205. The monoisotopic (exact) mass is 1200 g/mol. The van der Waals surface area contributed by atoms with E-state index in [4.69, 9.17) is 9.47 Å². The molecule has 10 rings (SSSR count). The lowest BCUT2D eigenvalue weighted by Crippen LogP contribution is -2.15. The lowest BCUT2D eigenvalue weighted by molar-refractivity contribution is -0.138. The van der Waals surface area contributed by atoms with Gasteiger partial charge in [0.05, 0.1) is 46.7 Å². The van der Waals surface area contributed by atoms with Crippen LogP contribution in [0.4, 0.5) is 75.4 Å². The summed E-state index contributed by atoms with van der Waals surface area (Å²) in [6.45, 7) is 0. The highest BCUT2D eigenvalue weighted by molar-refractivity contribution is 5.53. The Morgan fingerprint density at radius 2 is 0.360 bits per heavy atom. The van der Waals surface area contributed by atoms with Gasteiger partial charge in [-0.2, -0.15) is 52.7 Å². The van der Waals surface area contributed by atoms with E-state index < -0.39 is 95.0 Å². The normalized spacial score (nSPS) is 20.7. The van der Waals surface area contributed by atoms with Crippen LogP contribution in [0.25, 0.3) is 0 Å². The Hall–Kier alpha value is -7.96. The first-order valence-electron chi connectivity index (χ1n) is 27.6. The first-order chi connectivity index (χ1) is 40.5. The van der Waals surface area contributed by atoms with Crippen LogP contribution in [0.3, 0.4) is 0 Å². The quantitative estimate of drug-likeness (QED) is 0.113. The second-order valence-corrected chi connectivity index (χ2v) is 22.5. The second-order valence-electron chi connectivity index (χ2n) is 22.5. The highest BCUT2D eigenvalue weighted by atomic mass is 19.4. The van der Waals surface area contributed by atoms with Crippen LogP contribution in [0.2, 0.25) is 0 Å². The summed E-state index contributed by atoms with van der Waals surface area (Å²) in [7, 11) is 15.3. The van der Waals surface area contributed by atoms with Gasteiger partial charge in [0.25, 0.3) is 0 Å². The Kier molecular flexibility index (Phi) is 18.0. The maximum Gasteiger partial charge on any atom is 0.416 e. The van der Waals surface area contributed by atoms with Crippen molar-refractivity contribution >= 4 is 22.7 Å². The fourth-order valence-electron chi connectivity index (χ4n) is 11.5. The van der Waals surface area contributed by atoms with Gasteiger partial charge in [0.1, 0.15) is 0 Å². The van der Waals surface area contributed by atoms with E-state index in [1.165, 1.54) is 48.5 Å². The van der Waals surface area contributed by atoms with Crippen molar-refractivity contribution in [3.05, 3.63) is 261 Å². The number of halogens is 12. The summed E-state index contributed by atoms with van der Waals surface area (Å²) >= 11 is 0. The lowest BCUT2D eigenvalue weighted by Gasteiger charge is -2.27. The lowest BCUT2D eigenvalue weighted by atomic mass is 9.74. The number of benzene rings is 8. The SMILES string of the molecule is CN(C)c1ccc([C@@H]2O[C@@H](c3ccc(N(C)C)cc3)[C@H](c3ccc(C(F)(F)F)cc3)[C@H]2c2ccc(C(F)(F)F)cc2)cc1.CN(C)c1ccc([C@H]2O[C@H](c3ccc(N(C)C)cc3)[C@@H](c3ccc(C(F)(F)F)cc3)[C@@H]2c2ccc(C(F)(F)F)cc2)cc1. The first-order valence-corrected chi connectivity index (χ1v) is 27.6. The Morgan fingerprint density at radius 1 is 0.221 bits per heavy atom. The third-order valence-electron chi connectivity index (χ3n) is 16.1. The molecule has 8 aromatic carbocycles. The van der Waals surface area contributed by atoms with Gasteiger partial charge in [0, 0.05) is 103 Å². The molecular formula is C68H64F12N4O2. The highest BCUT2D eigenvalue weighted by Crippen LogP contribution is 2.61. The molecule has 2 saturated heterocycles. The van der Waals surface area contributed by atoms with Gasteiger partial charge >= 0.3 is 24.7 Å². The third-order valence-corrected chi connectivity index (χ3v) is 16.1. The number of rotatable bonds is 12. The van der Waals surface area contributed by atoms with E-state index in [1.807, 2.05) is 173 Å². The van der Waals surface area contributed by atoms with Crippen LogP contribution >= 0.6 is 0 Å². The van der Waals surface area contributed by atoms with Gasteiger partial charge in [-0.1, -0.05) is 97.1 Å². The van der Waals surface area contributed by atoms with Gasteiger partial charge < -0.3 is 29.1 Å². The van der Waals surface area contributed by atoms with E-state index >= 15 is 0 Å². The van der Waals surface area contributed by atoms with Crippen molar-refractivity contribution in [3.8, 4) is 0 Å². The minimum absolute atomic E-state index is 0.497.